The summed E-state index contributed by atoms with van der Waals surface area (Å²) < 4.78 is 32.1. The molecule has 0 aliphatic carbocycles. The first-order valence-electron chi connectivity index (χ1n) is 8.69. The summed E-state index contributed by atoms with van der Waals surface area (Å²) in [5.74, 6) is 0.334. The number of guanidine groups is 1. The van der Waals surface area contributed by atoms with E-state index in [0.29, 0.717) is 24.4 Å². The van der Waals surface area contributed by atoms with Crippen molar-refractivity contribution in [2.75, 3.05) is 39.4 Å². The highest BCUT2D eigenvalue weighted by Crippen LogP contribution is 2.17. The van der Waals surface area contributed by atoms with E-state index < -0.39 is 11.6 Å². The Bertz CT molecular complexity index is 557. The van der Waals surface area contributed by atoms with Crippen molar-refractivity contribution in [3.63, 3.8) is 0 Å². The molecule has 25 heavy (non-hydrogen) atoms. The smallest absolute Gasteiger partial charge is 0.193 e. The average Bonchev–Trinajstić information content (AvgIpc) is 3.03. The summed E-state index contributed by atoms with van der Waals surface area (Å²) in [6, 6.07) is 3.69. The van der Waals surface area contributed by atoms with E-state index in [1.165, 1.54) is 12.1 Å². The van der Waals surface area contributed by atoms with Crippen LogP contribution in [0.4, 0.5) is 8.78 Å². The van der Waals surface area contributed by atoms with Gasteiger partial charge in [0.1, 0.15) is 11.6 Å². The van der Waals surface area contributed by atoms with Gasteiger partial charge in [0.15, 0.2) is 5.96 Å². The zero-order valence-electron chi connectivity index (χ0n) is 14.9. The van der Waals surface area contributed by atoms with E-state index in [-0.39, 0.29) is 24.0 Å². The molecule has 1 aliphatic heterocycles. The van der Waals surface area contributed by atoms with E-state index in [1.807, 2.05) is 13.8 Å². The van der Waals surface area contributed by atoms with Crippen molar-refractivity contribution in [3.05, 3.63) is 35.4 Å². The van der Waals surface area contributed by atoms with Crippen LogP contribution in [-0.4, -0.2) is 50.3 Å². The van der Waals surface area contributed by atoms with E-state index in [1.54, 1.807) is 0 Å². The maximum Gasteiger partial charge on any atom is 0.193 e. The molecule has 2 rings (SSSR count). The Hall–Kier alpha value is -0.960. The molecule has 0 spiro atoms. The van der Waals surface area contributed by atoms with Gasteiger partial charge in [-0.05, 0) is 38.3 Å². The van der Waals surface area contributed by atoms with Gasteiger partial charge in [0.2, 0.25) is 0 Å². The summed E-state index contributed by atoms with van der Waals surface area (Å²) in [4.78, 5) is 6.83. The van der Waals surface area contributed by atoms with Gasteiger partial charge in [0.25, 0.3) is 0 Å². The number of rotatable bonds is 7. The topological polar surface area (TPSA) is 36.9 Å². The first-order chi connectivity index (χ1) is 11.6. The van der Waals surface area contributed by atoms with Gasteiger partial charge in [-0.3, -0.25) is 4.99 Å². The van der Waals surface area contributed by atoms with Crippen molar-refractivity contribution >= 4 is 29.9 Å². The van der Waals surface area contributed by atoms with Gasteiger partial charge >= 0.3 is 0 Å². The van der Waals surface area contributed by atoms with Gasteiger partial charge in [-0.1, -0.05) is 6.07 Å². The second kappa shape index (κ2) is 11.6. The molecular formula is C18H28F2IN3O. The van der Waals surface area contributed by atoms with Gasteiger partial charge < -0.3 is 15.0 Å². The van der Waals surface area contributed by atoms with Crippen LogP contribution >= 0.6 is 24.0 Å². The Morgan fingerprint density at radius 2 is 2.16 bits per heavy atom. The van der Waals surface area contributed by atoms with Gasteiger partial charge in [-0.15, -0.1) is 24.0 Å². The van der Waals surface area contributed by atoms with E-state index in [4.69, 9.17) is 4.74 Å². The molecular weight excluding hydrogens is 439 g/mol. The third kappa shape index (κ3) is 7.05. The van der Waals surface area contributed by atoms with Crippen molar-refractivity contribution in [3.8, 4) is 0 Å². The van der Waals surface area contributed by atoms with Crippen LogP contribution in [0.5, 0.6) is 0 Å². The largest absolute Gasteiger partial charge is 0.381 e. The van der Waals surface area contributed by atoms with E-state index in [2.05, 4.69) is 15.2 Å². The standard InChI is InChI=1S/C18H27F2N3O.HI/c1-3-21-18(23-10-8-14(12-23)13-24-4-2)22-9-7-15-5-6-16(19)11-17(15)20;/h5-6,11,14H,3-4,7-10,12-13H2,1-2H3,(H,21,22);1H. The van der Waals surface area contributed by atoms with Crippen molar-refractivity contribution in [1.82, 2.24) is 10.2 Å². The van der Waals surface area contributed by atoms with Crippen LogP contribution < -0.4 is 5.32 Å². The molecule has 1 heterocycles. The minimum Gasteiger partial charge on any atom is -0.381 e. The quantitative estimate of drug-likeness (QED) is 0.379. The number of aliphatic imine (C=N–C) groups is 1. The number of nitrogens with one attached hydrogen (secondary N) is 1. The first-order valence-corrected chi connectivity index (χ1v) is 8.69. The lowest BCUT2D eigenvalue weighted by Crippen LogP contribution is -2.40. The molecule has 1 aliphatic rings. The zero-order chi connectivity index (χ0) is 17.4. The van der Waals surface area contributed by atoms with Gasteiger partial charge in [0.05, 0.1) is 6.61 Å². The fourth-order valence-corrected chi connectivity index (χ4v) is 2.88. The summed E-state index contributed by atoms with van der Waals surface area (Å²) in [6.45, 7) is 8.70. The summed E-state index contributed by atoms with van der Waals surface area (Å²) in [6.07, 6.45) is 1.55. The highest BCUT2D eigenvalue weighted by atomic mass is 127. The number of benzene rings is 1. The summed E-state index contributed by atoms with van der Waals surface area (Å²) in [5, 5.41) is 3.29. The number of ether oxygens (including phenoxy) is 1. The number of hydrogen-bond donors (Lipinski definition) is 1. The Labute approximate surface area is 166 Å². The average molecular weight is 467 g/mol. The third-order valence-corrected chi connectivity index (χ3v) is 4.14. The van der Waals surface area contributed by atoms with Crippen molar-refractivity contribution < 1.29 is 13.5 Å². The molecule has 0 aromatic heterocycles. The SMILES string of the molecule is CCNC(=NCCc1ccc(F)cc1F)N1CCC(COCC)C1.I. The zero-order valence-corrected chi connectivity index (χ0v) is 17.3. The second-order valence-electron chi connectivity index (χ2n) is 5.98. The lowest BCUT2D eigenvalue weighted by atomic mass is 10.1. The molecule has 1 aromatic carbocycles. The molecule has 0 saturated carbocycles. The highest BCUT2D eigenvalue weighted by molar-refractivity contribution is 14.0. The van der Waals surface area contributed by atoms with Crippen molar-refractivity contribution in [2.24, 2.45) is 10.9 Å². The number of hydrogen-bond acceptors (Lipinski definition) is 2. The predicted octanol–water partition coefficient (Wildman–Crippen LogP) is 3.45. The molecule has 1 atom stereocenters. The minimum absolute atomic E-state index is 0. The lowest BCUT2D eigenvalue weighted by molar-refractivity contribution is 0.114. The van der Waals surface area contributed by atoms with Crippen LogP contribution in [0.1, 0.15) is 25.8 Å². The number of halogens is 3. The van der Waals surface area contributed by atoms with E-state index >= 15 is 0 Å². The van der Waals surface area contributed by atoms with Crippen LogP contribution in [0, 0.1) is 17.6 Å². The molecule has 1 saturated heterocycles. The van der Waals surface area contributed by atoms with Gasteiger partial charge in [-0.2, -0.15) is 0 Å². The van der Waals surface area contributed by atoms with Crippen LogP contribution in [0.3, 0.4) is 0 Å². The molecule has 0 radical (unpaired) electrons. The molecule has 0 bridgehead atoms. The Balaban J connectivity index is 0.00000312. The maximum absolute atomic E-state index is 13.7. The van der Waals surface area contributed by atoms with Gasteiger partial charge in [0, 0.05) is 44.8 Å². The van der Waals surface area contributed by atoms with Crippen LogP contribution in [0.15, 0.2) is 23.2 Å². The molecule has 7 heteroatoms. The normalized spacial score (nSPS) is 17.5. The number of nitrogens with zero attached hydrogens (tertiary/aromatic N) is 2. The van der Waals surface area contributed by atoms with Crippen LogP contribution in [0.2, 0.25) is 0 Å². The summed E-state index contributed by atoms with van der Waals surface area (Å²) in [5.41, 5.74) is 0.492. The molecule has 0 amide bonds. The van der Waals surface area contributed by atoms with E-state index in [9.17, 15) is 8.78 Å². The summed E-state index contributed by atoms with van der Waals surface area (Å²) in [7, 11) is 0. The third-order valence-electron chi connectivity index (χ3n) is 4.14. The fraction of sp³-hybridized carbons (Fsp3) is 0.611. The molecule has 1 aromatic rings. The van der Waals surface area contributed by atoms with Gasteiger partial charge in [-0.25, -0.2) is 8.78 Å². The first kappa shape index (κ1) is 22.1. The second-order valence-corrected chi connectivity index (χ2v) is 5.98. The number of likely N-dealkylation sites (tertiary alicyclic amines) is 1. The Morgan fingerprint density at radius 1 is 1.36 bits per heavy atom. The van der Waals surface area contributed by atoms with Crippen LogP contribution in [0.25, 0.3) is 0 Å². The van der Waals surface area contributed by atoms with Crippen LogP contribution in [-0.2, 0) is 11.2 Å². The Kier molecular flexibility index (Phi) is 10.3. The summed E-state index contributed by atoms with van der Waals surface area (Å²) >= 11 is 0. The molecule has 1 unspecified atom stereocenters. The minimum atomic E-state index is -0.550. The fourth-order valence-electron chi connectivity index (χ4n) is 2.88. The molecule has 1 N–H and O–H groups in total. The van der Waals surface area contributed by atoms with Crippen molar-refractivity contribution in [1.29, 1.82) is 0 Å². The molecule has 4 nitrogen and oxygen atoms in total. The van der Waals surface area contributed by atoms with Crippen molar-refractivity contribution in [2.45, 2.75) is 26.7 Å². The lowest BCUT2D eigenvalue weighted by Gasteiger charge is -2.21. The monoisotopic (exact) mass is 467 g/mol. The maximum atomic E-state index is 13.7. The predicted molar refractivity (Wildman–Crippen MR) is 108 cm³/mol. The highest BCUT2D eigenvalue weighted by Gasteiger charge is 2.24. The van der Waals surface area contributed by atoms with E-state index in [0.717, 1.165) is 51.3 Å². The Morgan fingerprint density at radius 3 is 2.84 bits per heavy atom. The molecule has 1 fully saturated rings. The molecule has 142 valence electrons.